The zero-order chi connectivity index (χ0) is 10.5. The van der Waals surface area contributed by atoms with Crippen molar-refractivity contribution < 1.29 is 9.26 Å². The van der Waals surface area contributed by atoms with Crippen LogP contribution < -0.4 is 4.74 Å². The number of hydrogen-bond donors (Lipinski definition) is 0. The number of benzene rings is 1. The van der Waals surface area contributed by atoms with E-state index in [1.165, 1.54) is 0 Å². The van der Waals surface area contributed by atoms with Crippen LogP contribution in [0.15, 0.2) is 41.1 Å². The van der Waals surface area contributed by atoms with Crippen molar-refractivity contribution in [3.63, 3.8) is 0 Å². The van der Waals surface area contributed by atoms with Gasteiger partial charge in [-0.05, 0) is 18.6 Å². The van der Waals surface area contributed by atoms with E-state index in [2.05, 4.69) is 12.1 Å². The Bertz CT molecular complexity index is 409. The second-order valence-corrected chi connectivity index (χ2v) is 3.26. The van der Waals surface area contributed by atoms with Gasteiger partial charge in [-0.3, -0.25) is 0 Å². The highest BCUT2D eigenvalue weighted by Crippen LogP contribution is 2.22. The van der Waals surface area contributed by atoms with Gasteiger partial charge in [0, 0.05) is 11.6 Å². The minimum atomic E-state index is 0.738. The average Bonchev–Trinajstić information content (AvgIpc) is 2.80. The molecule has 0 saturated carbocycles. The van der Waals surface area contributed by atoms with Gasteiger partial charge in [-0.15, -0.1) is 0 Å². The fraction of sp³-hybridized carbons (Fsp3) is 0.250. The molecule has 0 radical (unpaired) electrons. The van der Waals surface area contributed by atoms with Gasteiger partial charge in [0.25, 0.3) is 0 Å². The maximum atomic E-state index is 5.54. The predicted octanol–water partition coefficient (Wildman–Crippen LogP) is 3.13. The number of ether oxygens (including phenoxy) is 1. The van der Waals surface area contributed by atoms with E-state index in [4.69, 9.17) is 9.26 Å². The number of hydrogen-bond acceptors (Lipinski definition) is 3. The van der Waals surface area contributed by atoms with Crippen LogP contribution in [0.4, 0.5) is 0 Å². The van der Waals surface area contributed by atoms with Gasteiger partial charge < -0.3 is 9.26 Å². The first kappa shape index (κ1) is 9.77. The van der Waals surface area contributed by atoms with Crippen molar-refractivity contribution in [2.75, 3.05) is 6.61 Å². The summed E-state index contributed by atoms with van der Waals surface area (Å²) in [6.45, 7) is 2.82. The maximum absolute atomic E-state index is 5.54. The van der Waals surface area contributed by atoms with Crippen molar-refractivity contribution in [1.82, 2.24) is 5.16 Å². The number of rotatable bonds is 4. The second kappa shape index (κ2) is 4.64. The summed E-state index contributed by atoms with van der Waals surface area (Å²) >= 11 is 0. The molecule has 0 atom stereocenters. The Hall–Kier alpha value is -1.77. The third kappa shape index (κ3) is 2.37. The van der Waals surface area contributed by atoms with Gasteiger partial charge in [-0.2, -0.15) is 0 Å². The van der Waals surface area contributed by atoms with Crippen LogP contribution in [-0.4, -0.2) is 11.8 Å². The fourth-order valence-corrected chi connectivity index (χ4v) is 1.33. The SMILES string of the molecule is CCCOc1cccc(-c2ccon2)c1. The van der Waals surface area contributed by atoms with Crippen molar-refractivity contribution in [3.05, 3.63) is 36.6 Å². The third-order valence-corrected chi connectivity index (χ3v) is 2.04. The van der Waals surface area contributed by atoms with Crippen LogP contribution in [0.5, 0.6) is 5.75 Å². The van der Waals surface area contributed by atoms with E-state index in [1.807, 2.05) is 30.3 Å². The van der Waals surface area contributed by atoms with Crippen molar-refractivity contribution in [2.24, 2.45) is 0 Å². The van der Waals surface area contributed by atoms with E-state index >= 15 is 0 Å². The maximum Gasteiger partial charge on any atom is 0.124 e. The minimum Gasteiger partial charge on any atom is -0.494 e. The highest BCUT2D eigenvalue weighted by Gasteiger charge is 2.02. The van der Waals surface area contributed by atoms with E-state index in [1.54, 1.807) is 6.26 Å². The molecule has 0 unspecified atom stereocenters. The first-order chi connectivity index (χ1) is 7.40. The summed E-state index contributed by atoms with van der Waals surface area (Å²) in [6.07, 6.45) is 2.57. The third-order valence-electron chi connectivity index (χ3n) is 2.04. The molecule has 0 aliphatic heterocycles. The summed E-state index contributed by atoms with van der Waals surface area (Å²) < 4.78 is 10.3. The Morgan fingerprint density at radius 2 is 2.27 bits per heavy atom. The molecule has 0 saturated heterocycles. The van der Waals surface area contributed by atoms with Crippen molar-refractivity contribution in [2.45, 2.75) is 13.3 Å². The zero-order valence-corrected chi connectivity index (χ0v) is 8.64. The monoisotopic (exact) mass is 203 g/mol. The molecule has 0 aliphatic carbocycles. The van der Waals surface area contributed by atoms with Crippen LogP contribution in [0.1, 0.15) is 13.3 Å². The molecule has 0 amide bonds. The van der Waals surface area contributed by atoms with E-state index in [0.717, 1.165) is 30.0 Å². The predicted molar refractivity (Wildman–Crippen MR) is 57.7 cm³/mol. The van der Waals surface area contributed by atoms with Gasteiger partial charge in [-0.25, -0.2) is 0 Å². The van der Waals surface area contributed by atoms with Crippen LogP contribution in [0.3, 0.4) is 0 Å². The Balaban J connectivity index is 2.19. The lowest BCUT2D eigenvalue weighted by Crippen LogP contribution is -1.94. The summed E-state index contributed by atoms with van der Waals surface area (Å²) in [5.74, 6) is 0.873. The normalized spacial score (nSPS) is 10.2. The molecule has 0 spiro atoms. The quantitative estimate of drug-likeness (QED) is 0.765. The summed E-state index contributed by atoms with van der Waals surface area (Å²) in [6, 6.07) is 9.68. The molecule has 2 rings (SSSR count). The van der Waals surface area contributed by atoms with Crippen molar-refractivity contribution in [3.8, 4) is 17.0 Å². The Kier molecular flexibility index (Phi) is 3.02. The highest BCUT2D eigenvalue weighted by molar-refractivity contribution is 5.60. The van der Waals surface area contributed by atoms with E-state index in [9.17, 15) is 0 Å². The largest absolute Gasteiger partial charge is 0.494 e. The molecular formula is C12H13NO2. The van der Waals surface area contributed by atoms with Crippen LogP contribution in [0.25, 0.3) is 11.3 Å². The summed E-state index contributed by atoms with van der Waals surface area (Å²) in [5, 5.41) is 3.88. The zero-order valence-electron chi connectivity index (χ0n) is 8.64. The van der Waals surface area contributed by atoms with Crippen molar-refractivity contribution >= 4 is 0 Å². The lowest BCUT2D eigenvalue weighted by Gasteiger charge is -2.04. The Labute approximate surface area is 88.7 Å². The van der Waals surface area contributed by atoms with E-state index in [0.29, 0.717) is 0 Å². The standard InChI is InChI=1S/C12H13NO2/c1-2-7-14-11-5-3-4-10(9-11)12-6-8-15-13-12/h3-6,8-9H,2,7H2,1H3. The van der Waals surface area contributed by atoms with E-state index in [-0.39, 0.29) is 0 Å². The summed E-state index contributed by atoms with van der Waals surface area (Å²) in [4.78, 5) is 0. The van der Waals surface area contributed by atoms with Crippen LogP contribution >= 0.6 is 0 Å². The van der Waals surface area contributed by atoms with Crippen LogP contribution in [0.2, 0.25) is 0 Å². The van der Waals surface area contributed by atoms with Crippen LogP contribution in [0, 0.1) is 0 Å². The van der Waals surface area contributed by atoms with E-state index < -0.39 is 0 Å². The van der Waals surface area contributed by atoms with Gasteiger partial charge in [-0.1, -0.05) is 24.2 Å². The molecule has 3 nitrogen and oxygen atoms in total. The fourth-order valence-electron chi connectivity index (χ4n) is 1.33. The Morgan fingerprint density at radius 1 is 1.33 bits per heavy atom. The molecule has 78 valence electrons. The van der Waals surface area contributed by atoms with Gasteiger partial charge in [0.1, 0.15) is 17.7 Å². The molecule has 1 aromatic carbocycles. The van der Waals surface area contributed by atoms with Gasteiger partial charge >= 0.3 is 0 Å². The molecular weight excluding hydrogens is 190 g/mol. The molecule has 1 aromatic heterocycles. The van der Waals surface area contributed by atoms with Crippen molar-refractivity contribution in [1.29, 1.82) is 0 Å². The van der Waals surface area contributed by atoms with Crippen LogP contribution in [-0.2, 0) is 0 Å². The second-order valence-electron chi connectivity index (χ2n) is 3.26. The molecule has 0 N–H and O–H groups in total. The highest BCUT2D eigenvalue weighted by atomic mass is 16.5. The first-order valence-electron chi connectivity index (χ1n) is 5.04. The molecule has 1 heterocycles. The first-order valence-corrected chi connectivity index (χ1v) is 5.04. The summed E-state index contributed by atoms with van der Waals surface area (Å²) in [5.41, 5.74) is 1.84. The van der Waals surface area contributed by atoms with Gasteiger partial charge in [0.15, 0.2) is 0 Å². The minimum absolute atomic E-state index is 0.738. The average molecular weight is 203 g/mol. The topological polar surface area (TPSA) is 35.3 Å². The number of nitrogens with zero attached hydrogens (tertiary/aromatic N) is 1. The molecule has 0 fully saturated rings. The lowest BCUT2D eigenvalue weighted by molar-refractivity contribution is 0.317. The molecule has 15 heavy (non-hydrogen) atoms. The molecule has 0 bridgehead atoms. The lowest BCUT2D eigenvalue weighted by atomic mass is 10.1. The smallest absolute Gasteiger partial charge is 0.124 e. The van der Waals surface area contributed by atoms with Gasteiger partial charge in [0.05, 0.1) is 6.61 Å². The van der Waals surface area contributed by atoms with Gasteiger partial charge in [0.2, 0.25) is 0 Å². The molecule has 3 heteroatoms. The Morgan fingerprint density at radius 3 is 3.00 bits per heavy atom. The summed E-state index contributed by atoms with van der Waals surface area (Å²) in [7, 11) is 0. The molecule has 2 aromatic rings. The molecule has 0 aliphatic rings. The number of aromatic nitrogens is 1.